The molecule has 3 aromatic heterocycles. The molecule has 5 rings (SSSR count). The molecule has 0 bridgehead atoms. The van der Waals surface area contributed by atoms with Crippen LogP contribution >= 0.6 is 0 Å². The molecule has 8 heteroatoms. The van der Waals surface area contributed by atoms with Gasteiger partial charge < -0.3 is 14.0 Å². The Bertz CT molecular complexity index is 987. The third kappa shape index (κ3) is 3.55. The molecule has 0 aliphatic heterocycles. The van der Waals surface area contributed by atoms with Gasteiger partial charge in [-0.1, -0.05) is 0 Å². The molecule has 2 fully saturated rings. The van der Waals surface area contributed by atoms with Crippen molar-refractivity contribution in [1.29, 1.82) is 0 Å². The van der Waals surface area contributed by atoms with Crippen LogP contribution in [-0.2, 0) is 0 Å². The van der Waals surface area contributed by atoms with Gasteiger partial charge in [0.05, 0.1) is 18.5 Å². The van der Waals surface area contributed by atoms with Crippen LogP contribution in [0.5, 0.6) is 11.8 Å². The molecular formula is C19H18N4O4. The van der Waals surface area contributed by atoms with E-state index in [0.29, 0.717) is 29.4 Å². The number of H-pyrrole nitrogens is 1. The lowest BCUT2D eigenvalue weighted by Gasteiger charge is -2.35. The number of nitrogens with zero attached hydrogens (tertiary/aromatic N) is 3. The maximum Gasteiger partial charge on any atom is 0.280 e. The first-order valence-electron chi connectivity index (χ1n) is 9.03. The topological polar surface area (TPSA) is 103 Å². The minimum atomic E-state index is -0.311. The number of aromatic amines is 1. The first-order chi connectivity index (χ1) is 13.2. The highest BCUT2D eigenvalue weighted by molar-refractivity contribution is 5.49. The van der Waals surface area contributed by atoms with Crippen LogP contribution < -0.4 is 15.0 Å². The Morgan fingerprint density at radius 1 is 1.00 bits per heavy atom. The fourth-order valence-electron chi connectivity index (χ4n) is 3.12. The summed E-state index contributed by atoms with van der Waals surface area (Å²) < 4.78 is 16.7. The van der Waals surface area contributed by atoms with Crippen molar-refractivity contribution in [2.45, 2.75) is 43.8 Å². The largest absolute Gasteiger partial charge is 0.474 e. The van der Waals surface area contributed by atoms with Gasteiger partial charge in [-0.2, -0.15) is 5.16 Å². The van der Waals surface area contributed by atoms with Gasteiger partial charge in [0.2, 0.25) is 11.8 Å². The molecule has 0 atom stereocenters. The molecule has 2 aliphatic carbocycles. The van der Waals surface area contributed by atoms with Gasteiger partial charge in [-0.25, -0.2) is 15.0 Å². The highest BCUT2D eigenvalue weighted by Crippen LogP contribution is 2.40. The molecule has 138 valence electrons. The van der Waals surface area contributed by atoms with Crippen LogP contribution in [0.2, 0.25) is 0 Å². The molecule has 0 amide bonds. The molecule has 1 N–H and O–H groups in total. The zero-order valence-corrected chi connectivity index (χ0v) is 14.5. The Hall–Kier alpha value is -3.16. The second-order valence-corrected chi connectivity index (χ2v) is 6.97. The highest BCUT2D eigenvalue weighted by atomic mass is 16.5. The van der Waals surface area contributed by atoms with E-state index in [9.17, 15) is 4.79 Å². The van der Waals surface area contributed by atoms with Crippen LogP contribution in [-0.4, -0.2) is 32.3 Å². The molecule has 0 spiro atoms. The predicted molar refractivity (Wildman–Crippen MR) is 94.6 cm³/mol. The lowest BCUT2D eigenvalue weighted by molar-refractivity contribution is 0.0929. The number of hydrogen-bond donors (Lipinski definition) is 1. The van der Waals surface area contributed by atoms with Crippen LogP contribution in [0.1, 0.15) is 37.2 Å². The summed E-state index contributed by atoms with van der Waals surface area (Å²) in [5.74, 6) is 1.98. The minimum Gasteiger partial charge on any atom is -0.474 e. The van der Waals surface area contributed by atoms with Crippen molar-refractivity contribution in [3.05, 3.63) is 52.7 Å². The van der Waals surface area contributed by atoms with Crippen molar-refractivity contribution in [2.75, 3.05) is 0 Å². The third-order valence-electron chi connectivity index (χ3n) is 4.83. The van der Waals surface area contributed by atoms with E-state index in [-0.39, 0.29) is 11.7 Å². The second-order valence-electron chi connectivity index (χ2n) is 6.97. The van der Waals surface area contributed by atoms with Crippen molar-refractivity contribution in [2.24, 2.45) is 0 Å². The lowest BCUT2D eigenvalue weighted by Crippen LogP contribution is -2.32. The molecule has 2 saturated carbocycles. The molecule has 0 unspecified atom stereocenters. The Balaban J connectivity index is 1.17. The summed E-state index contributed by atoms with van der Waals surface area (Å²) in [4.78, 5) is 23.9. The Labute approximate surface area is 154 Å². The van der Waals surface area contributed by atoms with E-state index in [2.05, 4.69) is 20.1 Å². The molecule has 3 heterocycles. The average Bonchev–Trinajstić information content (AvgIpc) is 3.36. The number of nitrogens with one attached hydrogen (secondary N) is 1. The van der Waals surface area contributed by atoms with Gasteiger partial charge in [0.15, 0.2) is 5.76 Å². The molecule has 0 saturated heterocycles. The number of aromatic nitrogens is 4. The molecule has 0 aromatic carbocycles. The number of hydrogen-bond acceptors (Lipinski definition) is 7. The summed E-state index contributed by atoms with van der Waals surface area (Å²) in [7, 11) is 0. The SMILES string of the molecule is O=c1cc(-c2cnc(OC3CC(c4ccnc(OC5CC5)c4)C3)cn2)o[nH]1. The Kier molecular flexibility index (Phi) is 3.88. The van der Waals surface area contributed by atoms with Crippen LogP contribution in [0.15, 0.2) is 46.1 Å². The molecule has 0 radical (unpaired) electrons. The predicted octanol–water partition coefficient (Wildman–Crippen LogP) is 2.69. The molecule has 2 aliphatic rings. The Morgan fingerprint density at radius 2 is 1.85 bits per heavy atom. The fourth-order valence-corrected chi connectivity index (χ4v) is 3.12. The van der Waals surface area contributed by atoms with Gasteiger partial charge in [0.1, 0.15) is 17.9 Å². The van der Waals surface area contributed by atoms with Gasteiger partial charge in [0, 0.05) is 12.3 Å². The third-order valence-corrected chi connectivity index (χ3v) is 4.83. The quantitative estimate of drug-likeness (QED) is 0.715. The van der Waals surface area contributed by atoms with E-state index in [0.717, 1.165) is 31.6 Å². The van der Waals surface area contributed by atoms with Crippen LogP contribution in [0.3, 0.4) is 0 Å². The zero-order chi connectivity index (χ0) is 18.2. The minimum absolute atomic E-state index is 0.112. The van der Waals surface area contributed by atoms with Crippen LogP contribution in [0, 0.1) is 0 Å². The summed E-state index contributed by atoms with van der Waals surface area (Å²) in [6.45, 7) is 0. The van der Waals surface area contributed by atoms with E-state index in [1.54, 1.807) is 6.20 Å². The average molecular weight is 366 g/mol. The second kappa shape index (κ2) is 6.53. The first kappa shape index (κ1) is 16.0. The van der Waals surface area contributed by atoms with Gasteiger partial charge in [-0.15, -0.1) is 0 Å². The van der Waals surface area contributed by atoms with Crippen LogP contribution in [0.4, 0.5) is 0 Å². The normalized spacial score (nSPS) is 21.5. The van der Waals surface area contributed by atoms with E-state index in [1.807, 2.05) is 18.3 Å². The fraction of sp³-hybridized carbons (Fsp3) is 0.368. The number of ether oxygens (including phenoxy) is 2. The van der Waals surface area contributed by atoms with E-state index in [4.69, 9.17) is 14.0 Å². The van der Waals surface area contributed by atoms with Crippen molar-refractivity contribution < 1.29 is 14.0 Å². The highest BCUT2D eigenvalue weighted by Gasteiger charge is 2.33. The van der Waals surface area contributed by atoms with E-state index < -0.39 is 0 Å². The van der Waals surface area contributed by atoms with E-state index in [1.165, 1.54) is 17.8 Å². The standard InChI is InChI=1S/C19H18N4O4/c24-17-8-16(27-23-17)15-9-22-19(10-21-15)26-14-5-12(6-14)11-3-4-20-18(7-11)25-13-1-2-13/h3-4,7-10,12-14H,1-2,5-6H2,(H,23,24). The lowest BCUT2D eigenvalue weighted by atomic mass is 9.78. The van der Waals surface area contributed by atoms with Crippen molar-refractivity contribution in [3.63, 3.8) is 0 Å². The molecule has 27 heavy (non-hydrogen) atoms. The molecular weight excluding hydrogens is 348 g/mol. The van der Waals surface area contributed by atoms with Gasteiger partial charge in [-0.05, 0) is 43.2 Å². The van der Waals surface area contributed by atoms with Crippen molar-refractivity contribution >= 4 is 0 Å². The van der Waals surface area contributed by atoms with Gasteiger partial charge in [-0.3, -0.25) is 4.79 Å². The number of rotatable bonds is 6. The summed E-state index contributed by atoms with van der Waals surface area (Å²) >= 11 is 0. The maximum absolute atomic E-state index is 11.1. The van der Waals surface area contributed by atoms with Crippen molar-refractivity contribution in [3.8, 4) is 23.2 Å². The Morgan fingerprint density at radius 3 is 2.56 bits per heavy atom. The van der Waals surface area contributed by atoms with Crippen LogP contribution in [0.25, 0.3) is 11.5 Å². The summed E-state index contributed by atoms with van der Waals surface area (Å²) in [5, 5.41) is 2.23. The summed E-state index contributed by atoms with van der Waals surface area (Å²) in [5.41, 5.74) is 1.41. The summed E-state index contributed by atoms with van der Waals surface area (Å²) in [6, 6.07) is 5.41. The maximum atomic E-state index is 11.1. The van der Waals surface area contributed by atoms with Crippen molar-refractivity contribution in [1.82, 2.24) is 20.1 Å². The smallest absolute Gasteiger partial charge is 0.280 e. The van der Waals surface area contributed by atoms with E-state index >= 15 is 0 Å². The van der Waals surface area contributed by atoms with Gasteiger partial charge in [0.25, 0.3) is 5.56 Å². The number of pyridine rings is 1. The monoisotopic (exact) mass is 366 g/mol. The first-order valence-corrected chi connectivity index (χ1v) is 9.03. The summed E-state index contributed by atoms with van der Waals surface area (Å²) in [6.07, 6.45) is 9.44. The van der Waals surface area contributed by atoms with Gasteiger partial charge >= 0.3 is 0 Å². The zero-order valence-electron chi connectivity index (χ0n) is 14.5. The molecule has 8 nitrogen and oxygen atoms in total. The molecule has 3 aromatic rings.